The highest BCUT2D eigenvalue weighted by molar-refractivity contribution is 7.98. The first-order valence-corrected chi connectivity index (χ1v) is 14.7. The Balaban J connectivity index is 2.54. The Morgan fingerprint density at radius 1 is 0.949 bits per heavy atom. The molecule has 0 heterocycles. The molecule has 2 rings (SSSR count). The Bertz CT molecular complexity index is 1100. The fourth-order valence-corrected chi connectivity index (χ4v) is 4.89. The van der Waals surface area contributed by atoms with Crippen molar-refractivity contribution in [3.63, 3.8) is 0 Å². The number of aryl methyl sites for hydroxylation is 2. The van der Waals surface area contributed by atoms with Crippen molar-refractivity contribution in [2.24, 2.45) is 0 Å². The first-order chi connectivity index (χ1) is 18.1. The lowest BCUT2D eigenvalue weighted by atomic mass is 9.93. The van der Waals surface area contributed by atoms with Crippen LogP contribution in [0.1, 0.15) is 76.3 Å². The van der Waals surface area contributed by atoms with E-state index in [0.717, 1.165) is 22.3 Å². The van der Waals surface area contributed by atoms with E-state index in [1.54, 1.807) is 37.4 Å². The zero-order valence-electron chi connectivity index (χ0n) is 24.9. The fourth-order valence-electron chi connectivity index (χ4n) is 4.42. The van der Waals surface area contributed by atoms with Crippen LogP contribution in [0.2, 0.25) is 0 Å². The number of benzene rings is 2. The largest absolute Gasteiger partial charge is 0.444 e. The van der Waals surface area contributed by atoms with Crippen LogP contribution in [0.4, 0.5) is 4.79 Å². The van der Waals surface area contributed by atoms with Crippen LogP contribution in [0.15, 0.2) is 48.5 Å². The van der Waals surface area contributed by atoms with Crippen LogP contribution in [-0.4, -0.2) is 52.0 Å². The molecule has 2 unspecified atom stereocenters. The van der Waals surface area contributed by atoms with Gasteiger partial charge in [-0.25, -0.2) is 4.79 Å². The molecule has 214 valence electrons. The third-order valence-electron chi connectivity index (χ3n) is 5.94. The van der Waals surface area contributed by atoms with E-state index in [0.29, 0.717) is 18.7 Å². The van der Waals surface area contributed by atoms with Gasteiger partial charge in [-0.3, -0.25) is 9.59 Å². The van der Waals surface area contributed by atoms with Crippen molar-refractivity contribution in [1.82, 2.24) is 15.5 Å². The van der Waals surface area contributed by atoms with Crippen LogP contribution in [0, 0.1) is 13.8 Å². The summed E-state index contributed by atoms with van der Waals surface area (Å²) in [4.78, 5) is 42.6. The number of nitrogens with zero attached hydrogens (tertiary/aromatic N) is 1. The predicted molar refractivity (Wildman–Crippen MR) is 160 cm³/mol. The van der Waals surface area contributed by atoms with Gasteiger partial charge in [-0.15, -0.1) is 0 Å². The molecule has 3 amide bonds. The molecule has 0 aliphatic rings. The van der Waals surface area contributed by atoms with Gasteiger partial charge in [-0.1, -0.05) is 59.7 Å². The van der Waals surface area contributed by atoms with Gasteiger partial charge in [0.25, 0.3) is 0 Å². The molecule has 0 saturated heterocycles. The lowest BCUT2D eigenvalue weighted by Crippen LogP contribution is -2.58. The molecule has 0 fully saturated rings. The minimum atomic E-state index is -0.906. The van der Waals surface area contributed by atoms with E-state index in [4.69, 9.17) is 4.74 Å². The minimum absolute atomic E-state index is 0.284. The molecule has 2 aromatic rings. The molecule has 39 heavy (non-hydrogen) atoms. The lowest BCUT2D eigenvalue weighted by molar-refractivity contribution is -0.148. The molecule has 0 radical (unpaired) electrons. The smallest absolute Gasteiger partial charge is 0.408 e. The summed E-state index contributed by atoms with van der Waals surface area (Å²) in [5.74, 6) is 0.0351. The number of nitrogens with one attached hydrogen (secondary N) is 2. The highest BCUT2D eigenvalue weighted by Gasteiger charge is 2.41. The number of amides is 3. The molecule has 7 nitrogen and oxygen atoms in total. The van der Waals surface area contributed by atoms with E-state index in [1.807, 2.05) is 89.4 Å². The van der Waals surface area contributed by atoms with E-state index in [9.17, 15) is 14.4 Å². The standard InChI is InChI=1S/C31H45N3O4S/c1-21-17-22(2)19-24(18-21)26(27(35)32-20-23-13-11-10-12-14-23)34(30(3,4)5)28(36)25(15-16-39-9)33-29(37)38-31(6,7)8/h10-14,17-19,25-26H,15-16,20H2,1-9H3,(H,32,35)(H,33,37). The number of rotatable bonds is 10. The molecule has 0 spiro atoms. The van der Waals surface area contributed by atoms with Crippen molar-refractivity contribution in [3.05, 3.63) is 70.8 Å². The van der Waals surface area contributed by atoms with Gasteiger partial charge in [0.05, 0.1) is 0 Å². The number of hydrogen-bond donors (Lipinski definition) is 2. The Hall–Kier alpha value is -3.00. The van der Waals surface area contributed by atoms with Crippen LogP contribution >= 0.6 is 11.8 Å². The van der Waals surface area contributed by atoms with Crippen molar-refractivity contribution < 1.29 is 19.1 Å². The Morgan fingerprint density at radius 2 is 1.54 bits per heavy atom. The third-order valence-corrected chi connectivity index (χ3v) is 6.58. The van der Waals surface area contributed by atoms with Gasteiger partial charge in [0.15, 0.2) is 0 Å². The lowest BCUT2D eigenvalue weighted by Gasteiger charge is -2.43. The third kappa shape index (κ3) is 10.2. The number of alkyl carbamates (subject to hydrolysis) is 1. The SMILES string of the molecule is CSCCC(NC(=O)OC(C)(C)C)C(=O)N(C(C(=O)NCc1ccccc1)c1cc(C)cc(C)c1)C(C)(C)C. The zero-order chi connectivity index (χ0) is 29.4. The molecule has 0 bridgehead atoms. The second kappa shape index (κ2) is 13.9. The van der Waals surface area contributed by atoms with Crippen LogP contribution in [0.3, 0.4) is 0 Å². The summed E-state index contributed by atoms with van der Waals surface area (Å²) in [6.07, 6.45) is 1.69. The second-order valence-electron chi connectivity index (χ2n) is 11.9. The first kappa shape index (κ1) is 32.2. The first-order valence-electron chi connectivity index (χ1n) is 13.3. The Labute approximate surface area is 238 Å². The minimum Gasteiger partial charge on any atom is -0.444 e. The highest BCUT2D eigenvalue weighted by Crippen LogP contribution is 2.32. The quantitative estimate of drug-likeness (QED) is 0.379. The van der Waals surface area contributed by atoms with E-state index in [1.165, 1.54) is 0 Å². The molecule has 0 saturated carbocycles. The van der Waals surface area contributed by atoms with Crippen LogP contribution in [0.5, 0.6) is 0 Å². The van der Waals surface area contributed by atoms with Crippen LogP contribution in [0.25, 0.3) is 0 Å². The zero-order valence-corrected chi connectivity index (χ0v) is 25.7. The molecule has 8 heteroatoms. The van der Waals surface area contributed by atoms with Crippen molar-refractivity contribution >= 4 is 29.7 Å². The van der Waals surface area contributed by atoms with E-state index >= 15 is 0 Å². The van der Waals surface area contributed by atoms with E-state index in [2.05, 4.69) is 10.6 Å². The summed E-state index contributed by atoms with van der Waals surface area (Å²) in [5, 5.41) is 5.84. The average molecular weight is 556 g/mol. The van der Waals surface area contributed by atoms with Gasteiger partial charge in [0.2, 0.25) is 11.8 Å². The van der Waals surface area contributed by atoms with Crippen molar-refractivity contribution in [1.29, 1.82) is 0 Å². The Morgan fingerprint density at radius 3 is 2.05 bits per heavy atom. The van der Waals surface area contributed by atoms with E-state index in [-0.39, 0.29) is 11.8 Å². The molecule has 0 aromatic heterocycles. The molecule has 0 aliphatic carbocycles. The predicted octanol–water partition coefficient (Wildman–Crippen LogP) is 5.93. The van der Waals surface area contributed by atoms with Crippen LogP contribution in [-0.2, 0) is 20.9 Å². The summed E-state index contributed by atoms with van der Waals surface area (Å²) in [5.41, 5.74) is 2.23. The summed E-state index contributed by atoms with van der Waals surface area (Å²) in [6, 6.07) is 13.8. The highest BCUT2D eigenvalue weighted by atomic mass is 32.2. The maximum absolute atomic E-state index is 14.3. The summed E-state index contributed by atoms with van der Waals surface area (Å²) >= 11 is 1.59. The maximum Gasteiger partial charge on any atom is 0.408 e. The number of carbonyl (C=O) groups excluding carboxylic acids is 3. The molecule has 2 N–H and O–H groups in total. The van der Waals surface area contributed by atoms with Crippen molar-refractivity contribution in [3.8, 4) is 0 Å². The maximum atomic E-state index is 14.3. The number of hydrogen-bond acceptors (Lipinski definition) is 5. The summed E-state index contributed by atoms with van der Waals surface area (Å²) in [6.45, 7) is 15.3. The number of ether oxygens (including phenoxy) is 1. The second-order valence-corrected chi connectivity index (χ2v) is 12.9. The monoisotopic (exact) mass is 555 g/mol. The van der Waals surface area contributed by atoms with Gasteiger partial charge >= 0.3 is 6.09 Å². The molecular weight excluding hydrogens is 510 g/mol. The van der Waals surface area contributed by atoms with Gasteiger partial charge in [0, 0.05) is 12.1 Å². The van der Waals surface area contributed by atoms with Crippen LogP contribution < -0.4 is 10.6 Å². The van der Waals surface area contributed by atoms with Gasteiger partial charge < -0.3 is 20.3 Å². The fraction of sp³-hybridized carbons (Fsp3) is 0.516. The van der Waals surface area contributed by atoms with Crippen molar-refractivity contribution in [2.45, 2.75) is 91.6 Å². The molecule has 0 aliphatic heterocycles. The topological polar surface area (TPSA) is 87.7 Å². The van der Waals surface area contributed by atoms with Gasteiger partial charge in [-0.05, 0) is 84.9 Å². The molecular formula is C31H45N3O4S. The van der Waals surface area contributed by atoms with Gasteiger partial charge in [-0.2, -0.15) is 11.8 Å². The summed E-state index contributed by atoms with van der Waals surface area (Å²) < 4.78 is 5.47. The Kier molecular flexibility index (Phi) is 11.5. The number of carbonyl (C=O) groups is 3. The number of thioether (sulfide) groups is 1. The van der Waals surface area contributed by atoms with E-state index < -0.39 is 29.3 Å². The summed E-state index contributed by atoms with van der Waals surface area (Å²) in [7, 11) is 0. The van der Waals surface area contributed by atoms with Gasteiger partial charge in [0.1, 0.15) is 17.7 Å². The normalized spacial score (nSPS) is 13.3. The molecule has 2 atom stereocenters. The average Bonchev–Trinajstić information content (AvgIpc) is 2.81. The molecule has 2 aromatic carbocycles. The van der Waals surface area contributed by atoms with Crippen molar-refractivity contribution in [2.75, 3.05) is 12.0 Å².